The number of halogens is 1. The van der Waals surface area contributed by atoms with Gasteiger partial charge in [0.15, 0.2) is 11.6 Å². The lowest BCUT2D eigenvalue weighted by atomic mass is 10.1. The highest BCUT2D eigenvalue weighted by Crippen LogP contribution is 2.26. The molecule has 23 heavy (non-hydrogen) atoms. The van der Waals surface area contributed by atoms with Gasteiger partial charge in [0.1, 0.15) is 12.1 Å². The Morgan fingerprint density at radius 3 is 2.65 bits per heavy atom. The lowest BCUT2D eigenvalue weighted by Crippen LogP contribution is -2.41. The Bertz CT molecular complexity index is 575. The lowest BCUT2D eigenvalue weighted by molar-refractivity contribution is -0.151. The molecule has 1 saturated heterocycles. The number of para-hydroxylation sites is 1. The number of benzene rings is 1. The number of likely N-dealkylation sites (tertiary alicyclic amines) is 1. The maximum atomic E-state index is 13.7. The van der Waals surface area contributed by atoms with E-state index in [-0.39, 0.29) is 24.1 Å². The number of nitrogens with zero attached hydrogens (tertiary/aromatic N) is 1. The van der Waals surface area contributed by atoms with Gasteiger partial charge in [-0.2, -0.15) is 0 Å². The van der Waals surface area contributed by atoms with Gasteiger partial charge < -0.3 is 14.4 Å². The molecular formula is C17H22FNO4. The largest absolute Gasteiger partial charge is 0.485 e. The first-order chi connectivity index (χ1) is 10.9. The van der Waals surface area contributed by atoms with Crippen LogP contribution in [0.25, 0.3) is 0 Å². The van der Waals surface area contributed by atoms with Gasteiger partial charge >= 0.3 is 5.97 Å². The van der Waals surface area contributed by atoms with Crippen LogP contribution < -0.4 is 4.74 Å². The third-order valence-corrected chi connectivity index (χ3v) is 3.77. The molecule has 126 valence electrons. The quantitative estimate of drug-likeness (QED) is 0.781. The van der Waals surface area contributed by atoms with Gasteiger partial charge in [0.25, 0.3) is 0 Å². The number of ether oxygens (including phenoxy) is 2. The zero-order valence-electron chi connectivity index (χ0n) is 13.6. The third-order valence-electron chi connectivity index (χ3n) is 3.77. The molecule has 0 aromatic heterocycles. The molecule has 0 bridgehead atoms. The summed E-state index contributed by atoms with van der Waals surface area (Å²) in [5.74, 6) is -0.738. The monoisotopic (exact) mass is 323 g/mol. The van der Waals surface area contributed by atoms with Gasteiger partial charge in [-0.3, -0.25) is 4.79 Å². The predicted molar refractivity (Wildman–Crippen MR) is 82.4 cm³/mol. The molecule has 2 unspecified atom stereocenters. The van der Waals surface area contributed by atoms with E-state index in [1.54, 1.807) is 12.1 Å². The highest BCUT2D eigenvalue weighted by atomic mass is 19.1. The van der Waals surface area contributed by atoms with Gasteiger partial charge in [-0.05, 0) is 18.1 Å². The molecule has 1 amide bonds. The molecule has 1 aromatic carbocycles. The molecule has 0 N–H and O–H groups in total. The summed E-state index contributed by atoms with van der Waals surface area (Å²) in [4.78, 5) is 25.8. The van der Waals surface area contributed by atoms with Crippen molar-refractivity contribution >= 4 is 11.9 Å². The van der Waals surface area contributed by atoms with Crippen LogP contribution in [0.5, 0.6) is 5.75 Å². The van der Waals surface area contributed by atoms with Crippen molar-refractivity contribution < 1.29 is 23.5 Å². The van der Waals surface area contributed by atoms with Crippen molar-refractivity contribution in [1.29, 1.82) is 0 Å². The van der Waals surface area contributed by atoms with Gasteiger partial charge in [-0.1, -0.05) is 26.0 Å². The summed E-state index contributed by atoms with van der Waals surface area (Å²) in [6.45, 7) is 4.13. The van der Waals surface area contributed by atoms with E-state index in [0.29, 0.717) is 12.8 Å². The van der Waals surface area contributed by atoms with Crippen molar-refractivity contribution in [3.8, 4) is 5.75 Å². The summed E-state index contributed by atoms with van der Waals surface area (Å²) in [6.07, 6.45) is 0.206. The van der Waals surface area contributed by atoms with Crippen molar-refractivity contribution in [3.63, 3.8) is 0 Å². The molecule has 6 heteroatoms. The molecule has 2 rings (SSSR count). The van der Waals surface area contributed by atoms with E-state index >= 15 is 0 Å². The van der Waals surface area contributed by atoms with Crippen LogP contribution in [-0.2, 0) is 14.3 Å². The molecule has 1 aliphatic heterocycles. The van der Waals surface area contributed by atoms with Gasteiger partial charge in [-0.15, -0.1) is 0 Å². The van der Waals surface area contributed by atoms with Crippen LogP contribution in [0.4, 0.5) is 4.39 Å². The molecule has 1 aliphatic rings. The van der Waals surface area contributed by atoms with Crippen molar-refractivity contribution in [3.05, 3.63) is 30.1 Å². The first-order valence-corrected chi connectivity index (χ1v) is 7.70. The fourth-order valence-corrected chi connectivity index (χ4v) is 2.70. The molecule has 1 aromatic rings. The Morgan fingerprint density at radius 2 is 2.04 bits per heavy atom. The number of carbonyl (C=O) groups is 2. The number of esters is 1. The lowest BCUT2D eigenvalue weighted by Gasteiger charge is -2.23. The zero-order chi connectivity index (χ0) is 17.0. The summed E-state index contributed by atoms with van der Waals surface area (Å²) in [7, 11) is 1.29. The van der Waals surface area contributed by atoms with Crippen LogP contribution in [0.15, 0.2) is 24.3 Å². The number of methoxy groups -OCH3 is 1. The van der Waals surface area contributed by atoms with E-state index in [1.807, 2.05) is 13.8 Å². The highest BCUT2D eigenvalue weighted by molar-refractivity contribution is 5.85. The van der Waals surface area contributed by atoms with Crippen LogP contribution in [0.2, 0.25) is 0 Å². The van der Waals surface area contributed by atoms with Crippen molar-refractivity contribution in [2.45, 2.75) is 38.8 Å². The Kier molecular flexibility index (Phi) is 5.58. The zero-order valence-corrected chi connectivity index (χ0v) is 13.6. The topological polar surface area (TPSA) is 55.8 Å². The smallest absolute Gasteiger partial charge is 0.328 e. The molecule has 0 spiro atoms. The summed E-state index contributed by atoms with van der Waals surface area (Å²) in [5.41, 5.74) is 0. The van der Waals surface area contributed by atoms with E-state index in [4.69, 9.17) is 9.47 Å². The number of rotatable bonds is 5. The molecule has 2 atom stereocenters. The van der Waals surface area contributed by atoms with Gasteiger partial charge in [0, 0.05) is 12.8 Å². The summed E-state index contributed by atoms with van der Waals surface area (Å²) in [6, 6.07) is 5.41. The molecule has 0 saturated carbocycles. The van der Waals surface area contributed by atoms with Gasteiger partial charge in [-0.25, -0.2) is 9.18 Å². The number of hydrogen-bond donors (Lipinski definition) is 0. The number of amides is 1. The third kappa shape index (κ3) is 4.21. The fraction of sp³-hybridized carbons (Fsp3) is 0.529. The van der Waals surface area contributed by atoms with Crippen LogP contribution >= 0.6 is 0 Å². The van der Waals surface area contributed by atoms with Crippen LogP contribution in [0.1, 0.15) is 26.7 Å². The normalized spacial score (nSPS) is 20.7. The molecule has 1 heterocycles. The van der Waals surface area contributed by atoms with Crippen LogP contribution in [0, 0.1) is 11.7 Å². The summed E-state index contributed by atoms with van der Waals surface area (Å²) in [5, 5.41) is 0. The molecule has 5 nitrogen and oxygen atoms in total. The second-order valence-electron chi connectivity index (χ2n) is 6.09. The number of hydrogen-bond acceptors (Lipinski definition) is 4. The average molecular weight is 323 g/mol. The van der Waals surface area contributed by atoms with Crippen molar-refractivity contribution in [1.82, 2.24) is 4.90 Å². The predicted octanol–water partition coefficient (Wildman–Crippen LogP) is 2.39. The second kappa shape index (κ2) is 7.44. The Labute approximate surface area is 135 Å². The number of carbonyl (C=O) groups excluding carboxylic acids is 2. The van der Waals surface area contributed by atoms with E-state index in [0.717, 1.165) is 0 Å². The average Bonchev–Trinajstić information content (AvgIpc) is 2.92. The standard InChI is InChI=1S/C17H22FNO4/c1-11(2)8-16(20)19-10-12(9-14(19)17(21)22-3)23-15-7-5-4-6-13(15)18/h4-7,11-12,14H,8-10H2,1-3H3. The minimum Gasteiger partial charge on any atom is -0.485 e. The van der Waals surface area contributed by atoms with E-state index in [1.165, 1.54) is 24.1 Å². The van der Waals surface area contributed by atoms with E-state index < -0.39 is 23.9 Å². The van der Waals surface area contributed by atoms with E-state index in [2.05, 4.69) is 0 Å². The summed E-state index contributed by atoms with van der Waals surface area (Å²) >= 11 is 0. The maximum absolute atomic E-state index is 13.7. The Balaban J connectivity index is 2.11. The first-order valence-electron chi connectivity index (χ1n) is 7.70. The SMILES string of the molecule is COC(=O)C1CC(Oc2ccccc2F)CN1C(=O)CC(C)C. The van der Waals surface area contributed by atoms with Crippen molar-refractivity contribution in [2.75, 3.05) is 13.7 Å². The molecular weight excluding hydrogens is 301 g/mol. The van der Waals surface area contributed by atoms with E-state index in [9.17, 15) is 14.0 Å². The summed E-state index contributed by atoms with van der Waals surface area (Å²) < 4.78 is 24.1. The Hall–Kier alpha value is -2.11. The first kappa shape index (κ1) is 17.2. The minimum absolute atomic E-state index is 0.116. The van der Waals surface area contributed by atoms with Gasteiger partial charge in [0.05, 0.1) is 13.7 Å². The maximum Gasteiger partial charge on any atom is 0.328 e. The Morgan fingerprint density at radius 1 is 1.35 bits per heavy atom. The van der Waals surface area contributed by atoms with Crippen LogP contribution in [-0.4, -0.2) is 42.6 Å². The molecule has 0 radical (unpaired) electrons. The molecule has 1 fully saturated rings. The second-order valence-corrected chi connectivity index (χ2v) is 6.09. The highest BCUT2D eigenvalue weighted by Gasteiger charge is 2.41. The van der Waals surface area contributed by atoms with Crippen LogP contribution in [0.3, 0.4) is 0 Å². The van der Waals surface area contributed by atoms with Gasteiger partial charge in [0.2, 0.25) is 5.91 Å². The minimum atomic E-state index is -0.678. The fourth-order valence-electron chi connectivity index (χ4n) is 2.70. The molecule has 0 aliphatic carbocycles. The van der Waals surface area contributed by atoms with Crippen molar-refractivity contribution in [2.24, 2.45) is 5.92 Å².